The van der Waals surface area contributed by atoms with Crippen LogP contribution in [0.4, 0.5) is 4.39 Å². The molecule has 2 amide bonds. The van der Waals surface area contributed by atoms with E-state index in [1.54, 1.807) is 28.4 Å². The van der Waals surface area contributed by atoms with Crippen molar-refractivity contribution in [1.82, 2.24) is 9.80 Å². The number of thiophene rings is 1. The molecule has 2 aromatic rings. The number of hydrogen-bond donors (Lipinski definition) is 0. The lowest BCUT2D eigenvalue weighted by atomic mass is 10.00. The third-order valence-corrected chi connectivity index (χ3v) is 6.63. The monoisotopic (exact) mass is 432 g/mol. The van der Waals surface area contributed by atoms with Crippen molar-refractivity contribution in [2.75, 3.05) is 26.2 Å². The maximum atomic E-state index is 13.2. The quantitative estimate of drug-likeness (QED) is 0.625. The Labute approximate surface area is 181 Å². The number of carbonyl (C=O) groups is 2. The molecule has 7 heteroatoms. The van der Waals surface area contributed by atoms with Crippen molar-refractivity contribution in [3.8, 4) is 5.75 Å². The molecule has 1 aromatic heterocycles. The molecule has 5 nitrogen and oxygen atoms in total. The molecule has 0 unspecified atom stereocenters. The number of rotatable bonds is 8. The summed E-state index contributed by atoms with van der Waals surface area (Å²) in [6, 6.07) is 7.70. The summed E-state index contributed by atoms with van der Waals surface area (Å²) in [6.45, 7) is 7.20. The van der Waals surface area contributed by atoms with Crippen LogP contribution in [0, 0.1) is 11.7 Å². The molecule has 0 spiro atoms. The van der Waals surface area contributed by atoms with Crippen molar-refractivity contribution in [3.63, 3.8) is 0 Å². The molecule has 1 aromatic carbocycles. The van der Waals surface area contributed by atoms with Gasteiger partial charge in [-0.05, 0) is 53.6 Å². The van der Waals surface area contributed by atoms with Crippen molar-refractivity contribution in [1.29, 1.82) is 0 Å². The standard InChI is InChI=1S/C23H29FN2O3S/c1-4-16(2)13-25(17(3)27)14-23(28)26-11-9-22-20(10-12-30-22)21(26)15-29-19-7-5-18(24)6-8-19/h5-8,10,12,16,21H,4,9,11,13-15H2,1-3H3/t16-,21+/m1/s1. The largest absolute Gasteiger partial charge is 0.491 e. The molecule has 162 valence electrons. The number of benzene rings is 1. The number of fused-ring (bicyclic) bond motifs is 1. The molecule has 2 heterocycles. The van der Waals surface area contributed by atoms with E-state index >= 15 is 0 Å². The van der Waals surface area contributed by atoms with Gasteiger partial charge in [-0.3, -0.25) is 9.59 Å². The second-order valence-corrected chi connectivity index (χ2v) is 8.83. The van der Waals surface area contributed by atoms with Gasteiger partial charge in [-0.25, -0.2) is 4.39 Å². The Hall–Kier alpha value is -2.41. The Bertz CT molecular complexity index is 868. The average Bonchev–Trinajstić information content (AvgIpc) is 3.21. The van der Waals surface area contributed by atoms with Crippen LogP contribution in [0.5, 0.6) is 5.75 Å². The minimum atomic E-state index is -0.317. The zero-order chi connectivity index (χ0) is 21.7. The maximum absolute atomic E-state index is 13.2. The van der Waals surface area contributed by atoms with Crippen LogP contribution in [-0.2, 0) is 16.0 Å². The smallest absolute Gasteiger partial charge is 0.242 e. The van der Waals surface area contributed by atoms with Gasteiger partial charge in [-0.15, -0.1) is 11.3 Å². The van der Waals surface area contributed by atoms with Crippen LogP contribution in [0.15, 0.2) is 35.7 Å². The van der Waals surface area contributed by atoms with Gasteiger partial charge in [-0.2, -0.15) is 0 Å². The van der Waals surface area contributed by atoms with Gasteiger partial charge in [-0.1, -0.05) is 20.3 Å². The summed E-state index contributed by atoms with van der Waals surface area (Å²) in [7, 11) is 0. The van der Waals surface area contributed by atoms with Crippen molar-refractivity contribution in [3.05, 3.63) is 52.0 Å². The number of nitrogens with zero attached hydrogens (tertiary/aromatic N) is 2. The first-order chi connectivity index (χ1) is 14.4. The van der Waals surface area contributed by atoms with Crippen LogP contribution >= 0.6 is 11.3 Å². The molecule has 0 N–H and O–H groups in total. The minimum Gasteiger partial charge on any atom is -0.491 e. The van der Waals surface area contributed by atoms with E-state index in [1.165, 1.54) is 23.9 Å². The average molecular weight is 433 g/mol. The van der Waals surface area contributed by atoms with Crippen LogP contribution < -0.4 is 4.74 Å². The predicted octanol–water partition coefficient (Wildman–Crippen LogP) is 4.29. The summed E-state index contributed by atoms with van der Waals surface area (Å²) in [5.41, 5.74) is 1.10. The van der Waals surface area contributed by atoms with Gasteiger partial charge in [0, 0.05) is 24.9 Å². The molecule has 0 radical (unpaired) electrons. The Morgan fingerprint density at radius 3 is 2.70 bits per heavy atom. The van der Waals surface area contributed by atoms with Crippen LogP contribution in [0.3, 0.4) is 0 Å². The van der Waals surface area contributed by atoms with E-state index in [1.807, 2.05) is 16.3 Å². The Balaban J connectivity index is 1.74. The van der Waals surface area contributed by atoms with Crippen molar-refractivity contribution in [2.24, 2.45) is 5.92 Å². The molecule has 0 bridgehead atoms. The molecule has 0 aliphatic carbocycles. The number of hydrogen-bond acceptors (Lipinski definition) is 4. The maximum Gasteiger partial charge on any atom is 0.242 e. The Morgan fingerprint density at radius 1 is 1.30 bits per heavy atom. The second kappa shape index (κ2) is 10.1. The lowest BCUT2D eigenvalue weighted by Gasteiger charge is -2.37. The highest BCUT2D eigenvalue weighted by Crippen LogP contribution is 2.34. The van der Waals surface area contributed by atoms with Gasteiger partial charge in [0.2, 0.25) is 11.8 Å². The highest BCUT2D eigenvalue weighted by molar-refractivity contribution is 7.10. The van der Waals surface area contributed by atoms with Crippen molar-refractivity contribution >= 4 is 23.2 Å². The third kappa shape index (κ3) is 5.39. The second-order valence-electron chi connectivity index (χ2n) is 7.83. The molecule has 2 atom stereocenters. The summed E-state index contributed by atoms with van der Waals surface area (Å²) in [6.07, 6.45) is 1.76. The molecule has 0 saturated heterocycles. The predicted molar refractivity (Wildman–Crippen MR) is 116 cm³/mol. The van der Waals surface area contributed by atoms with Crippen LogP contribution in [0.2, 0.25) is 0 Å². The van der Waals surface area contributed by atoms with E-state index in [4.69, 9.17) is 4.74 Å². The third-order valence-electron chi connectivity index (χ3n) is 5.64. The topological polar surface area (TPSA) is 49.9 Å². The van der Waals surface area contributed by atoms with E-state index < -0.39 is 0 Å². The van der Waals surface area contributed by atoms with Gasteiger partial charge in [0.15, 0.2) is 0 Å². The first-order valence-corrected chi connectivity index (χ1v) is 11.3. The highest BCUT2D eigenvalue weighted by Gasteiger charge is 2.33. The summed E-state index contributed by atoms with van der Waals surface area (Å²) in [5.74, 6) is 0.425. The molecule has 0 fully saturated rings. The van der Waals surface area contributed by atoms with Gasteiger partial charge < -0.3 is 14.5 Å². The van der Waals surface area contributed by atoms with E-state index in [0.717, 1.165) is 18.4 Å². The fourth-order valence-electron chi connectivity index (χ4n) is 3.64. The SMILES string of the molecule is CC[C@@H](C)CN(CC(=O)N1CCc2sccc2[C@@H]1COc1ccc(F)cc1)C(C)=O. The summed E-state index contributed by atoms with van der Waals surface area (Å²) in [4.78, 5) is 30.0. The van der Waals surface area contributed by atoms with E-state index in [2.05, 4.69) is 13.8 Å². The van der Waals surface area contributed by atoms with Gasteiger partial charge in [0.25, 0.3) is 0 Å². The fraction of sp³-hybridized carbons (Fsp3) is 0.478. The zero-order valence-corrected chi connectivity index (χ0v) is 18.6. The number of carbonyl (C=O) groups excluding carboxylic acids is 2. The van der Waals surface area contributed by atoms with Crippen LogP contribution in [0.25, 0.3) is 0 Å². The molecule has 30 heavy (non-hydrogen) atoms. The van der Waals surface area contributed by atoms with E-state index in [9.17, 15) is 14.0 Å². The van der Waals surface area contributed by atoms with Gasteiger partial charge >= 0.3 is 0 Å². The lowest BCUT2D eigenvalue weighted by molar-refractivity contribution is -0.142. The van der Waals surface area contributed by atoms with Gasteiger partial charge in [0.1, 0.15) is 18.2 Å². The van der Waals surface area contributed by atoms with Crippen LogP contribution in [-0.4, -0.2) is 47.9 Å². The summed E-state index contributed by atoms with van der Waals surface area (Å²) < 4.78 is 19.1. The van der Waals surface area contributed by atoms with E-state index in [-0.39, 0.29) is 36.8 Å². The van der Waals surface area contributed by atoms with Crippen molar-refractivity contribution in [2.45, 2.75) is 39.7 Å². The molecular weight excluding hydrogens is 403 g/mol. The summed E-state index contributed by atoms with van der Waals surface area (Å²) in [5, 5.41) is 2.04. The van der Waals surface area contributed by atoms with Gasteiger partial charge in [0.05, 0.1) is 12.6 Å². The van der Waals surface area contributed by atoms with Crippen LogP contribution in [0.1, 0.15) is 43.7 Å². The zero-order valence-electron chi connectivity index (χ0n) is 17.8. The Kier molecular flexibility index (Phi) is 7.48. The fourth-order valence-corrected chi connectivity index (χ4v) is 4.57. The minimum absolute atomic E-state index is 0.0712. The summed E-state index contributed by atoms with van der Waals surface area (Å²) >= 11 is 1.69. The molecule has 1 aliphatic rings. The molecule has 3 rings (SSSR count). The normalized spacial score (nSPS) is 16.7. The molecular formula is C23H29FN2O3S. The number of halogens is 1. The lowest BCUT2D eigenvalue weighted by Crippen LogP contribution is -2.48. The first-order valence-electron chi connectivity index (χ1n) is 10.4. The molecule has 1 aliphatic heterocycles. The van der Waals surface area contributed by atoms with E-state index in [0.29, 0.717) is 24.8 Å². The number of ether oxygens (including phenoxy) is 1. The van der Waals surface area contributed by atoms with Crippen molar-refractivity contribution < 1.29 is 18.7 Å². The molecule has 0 saturated carbocycles. The highest BCUT2D eigenvalue weighted by atomic mass is 32.1. The first kappa shape index (κ1) is 22.3. The Morgan fingerprint density at radius 2 is 2.03 bits per heavy atom. The number of amides is 2.